The number of fused-ring (bicyclic) bond motifs is 2. The molecule has 1 aromatic rings. The van der Waals surface area contributed by atoms with E-state index in [0.717, 1.165) is 12.8 Å². The number of hydrogen-bond acceptors (Lipinski definition) is 5. The molecule has 2 aliphatic rings. The van der Waals surface area contributed by atoms with Crippen molar-refractivity contribution in [1.29, 1.82) is 0 Å². The van der Waals surface area contributed by atoms with Gasteiger partial charge < -0.3 is 5.32 Å². The van der Waals surface area contributed by atoms with Crippen LogP contribution in [0.15, 0.2) is 11.2 Å². The highest BCUT2D eigenvalue weighted by Crippen LogP contribution is 2.24. The third kappa shape index (κ3) is 2.62. The van der Waals surface area contributed by atoms with Crippen molar-refractivity contribution >= 4 is 22.4 Å². The molecule has 2 unspecified atom stereocenters. The second-order valence-corrected chi connectivity index (χ2v) is 6.89. The maximum absolute atomic E-state index is 12.5. The van der Waals surface area contributed by atoms with Crippen LogP contribution in [0.1, 0.15) is 19.3 Å². The van der Waals surface area contributed by atoms with Crippen molar-refractivity contribution in [3.8, 4) is 0 Å². The van der Waals surface area contributed by atoms with Crippen LogP contribution >= 0.6 is 12.4 Å². The van der Waals surface area contributed by atoms with Gasteiger partial charge in [-0.2, -0.15) is 4.31 Å². The molecule has 108 valence electrons. The molecule has 2 bridgehead atoms. The summed E-state index contributed by atoms with van der Waals surface area (Å²) in [7, 11) is -1.86. The summed E-state index contributed by atoms with van der Waals surface area (Å²) in [6.07, 6.45) is 4.59. The van der Waals surface area contributed by atoms with Crippen LogP contribution in [0.3, 0.4) is 0 Å². The fourth-order valence-electron chi connectivity index (χ4n) is 2.81. The van der Waals surface area contributed by atoms with Crippen molar-refractivity contribution in [2.24, 2.45) is 7.05 Å². The first-order chi connectivity index (χ1) is 8.57. The Kier molecular flexibility index (Phi) is 4.14. The van der Waals surface area contributed by atoms with Crippen molar-refractivity contribution in [1.82, 2.24) is 24.6 Å². The van der Waals surface area contributed by atoms with Crippen LogP contribution in [0.2, 0.25) is 0 Å². The molecule has 3 rings (SSSR count). The number of halogens is 1. The molecule has 1 aromatic heterocycles. The average molecular weight is 308 g/mol. The van der Waals surface area contributed by atoms with E-state index in [2.05, 4.69) is 15.6 Å². The van der Waals surface area contributed by atoms with E-state index in [0.29, 0.717) is 13.1 Å². The largest absolute Gasteiger partial charge is 0.309 e. The molecule has 0 aromatic carbocycles. The summed E-state index contributed by atoms with van der Waals surface area (Å²) >= 11 is 0. The number of aromatic nitrogens is 3. The maximum atomic E-state index is 12.5. The van der Waals surface area contributed by atoms with Crippen molar-refractivity contribution < 1.29 is 8.42 Å². The standard InChI is InChI=1S/C10H17N5O2S.ClH/c1-14-10(5-11-13-14)18(16,17)15-6-8-3-2-4-9(7-15)12-8;/h5,8-9,12H,2-4,6-7H2,1H3;1H. The van der Waals surface area contributed by atoms with Crippen LogP contribution in [0.5, 0.6) is 0 Å². The molecule has 0 amide bonds. The summed E-state index contributed by atoms with van der Waals surface area (Å²) in [5, 5.41) is 11.0. The first kappa shape index (κ1) is 14.7. The van der Waals surface area contributed by atoms with Gasteiger partial charge in [-0.3, -0.25) is 0 Å². The van der Waals surface area contributed by atoms with E-state index in [1.54, 1.807) is 11.4 Å². The number of hydrogen-bond donors (Lipinski definition) is 1. The summed E-state index contributed by atoms with van der Waals surface area (Å²) < 4.78 is 27.9. The van der Waals surface area contributed by atoms with Crippen LogP contribution in [0.25, 0.3) is 0 Å². The van der Waals surface area contributed by atoms with Gasteiger partial charge >= 0.3 is 0 Å². The first-order valence-corrected chi connectivity index (χ1v) is 7.62. The smallest absolute Gasteiger partial charge is 0.261 e. The number of sulfonamides is 1. The Morgan fingerprint density at radius 1 is 1.32 bits per heavy atom. The normalized spacial score (nSPS) is 27.8. The predicted molar refractivity (Wildman–Crippen MR) is 71.6 cm³/mol. The van der Waals surface area contributed by atoms with Crippen LogP contribution in [0, 0.1) is 0 Å². The van der Waals surface area contributed by atoms with E-state index in [4.69, 9.17) is 0 Å². The van der Waals surface area contributed by atoms with E-state index in [1.807, 2.05) is 0 Å². The molecule has 2 atom stereocenters. The van der Waals surface area contributed by atoms with E-state index >= 15 is 0 Å². The van der Waals surface area contributed by atoms with E-state index in [9.17, 15) is 8.42 Å². The minimum Gasteiger partial charge on any atom is -0.309 e. The highest BCUT2D eigenvalue weighted by atomic mass is 35.5. The molecule has 7 nitrogen and oxygen atoms in total. The quantitative estimate of drug-likeness (QED) is 0.815. The predicted octanol–water partition coefficient (Wildman–Crippen LogP) is -0.248. The highest BCUT2D eigenvalue weighted by Gasteiger charge is 2.37. The van der Waals surface area contributed by atoms with Crippen LogP contribution in [-0.4, -0.2) is 52.9 Å². The zero-order valence-corrected chi connectivity index (χ0v) is 12.3. The fourth-order valence-corrected chi connectivity index (χ4v) is 4.37. The van der Waals surface area contributed by atoms with E-state index < -0.39 is 10.0 Å². The van der Waals surface area contributed by atoms with E-state index in [1.165, 1.54) is 17.3 Å². The Morgan fingerprint density at radius 2 is 1.95 bits per heavy atom. The lowest BCUT2D eigenvalue weighted by molar-refractivity contribution is 0.190. The van der Waals surface area contributed by atoms with Gasteiger partial charge in [0.25, 0.3) is 10.0 Å². The second-order valence-electron chi connectivity index (χ2n) is 5.01. The maximum Gasteiger partial charge on any atom is 0.261 e. The SMILES string of the molecule is Cl.Cn1nncc1S(=O)(=O)N1CC2CCCC(C1)N2. The molecule has 0 saturated carbocycles. The number of piperazine rings is 1. The Labute approximate surface area is 118 Å². The van der Waals surface area contributed by atoms with Crippen molar-refractivity contribution in [2.45, 2.75) is 36.4 Å². The summed E-state index contributed by atoms with van der Waals surface area (Å²) in [6, 6.07) is 0.571. The third-order valence-electron chi connectivity index (χ3n) is 3.70. The van der Waals surface area contributed by atoms with Crippen LogP contribution < -0.4 is 5.32 Å². The summed E-state index contributed by atoms with van der Waals surface area (Å²) in [6.45, 7) is 1.09. The summed E-state index contributed by atoms with van der Waals surface area (Å²) in [4.78, 5) is 0. The monoisotopic (exact) mass is 307 g/mol. The molecule has 9 heteroatoms. The number of piperidine rings is 1. The first-order valence-electron chi connectivity index (χ1n) is 6.18. The minimum atomic E-state index is -3.46. The van der Waals surface area contributed by atoms with E-state index in [-0.39, 0.29) is 29.5 Å². The zero-order chi connectivity index (χ0) is 12.8. The molecular formula is C10H18ClN5O2S. The summed E-state index contributed by atoms with van der Waals surface area (Å²) in [5.74, 6) is 0. The highest BCUT2D eigenvalue weighted by molar-refractivity contribution is 7.89. The molecule has 2 aliphatic heterocycles. The van der Waals surface area contributed by atoms with Gasteiger partial charge in [0.05, 0.1) is 6.20 Å². The molecule has 2 saturated heterocycles. The van der Waals surface area contributed by atoms with Gasteiger partial charge in [0.1, 0.15) is 0 Å². The average Bonchev–Trinajstić information content (AvgIpc) is 2.75. The van der Waals surface area contributed by atoms with Crippen LogP contribution in [0.4, 0.5) is 0 Å². The zero-order valence-electron chi connectivity index (χ0n) is 10.7. The molecule has 1 N–H and O–H groups in total. The molecule has 0 spiro atoms. The molecule has 0 aliphatic carbocycles. The summed E-state index contributed by atoms with van der Waals surface area (Å²) in [5.41, 5.74) is 0. The topological polar surface area (TPSA) is 80.1 Å². The van der Waals surface area contributed by atoms with Gasteiger partial charge in [-0.05, 0) is 12.8 Å². The number of nitrogens with zero attached hydrogens (tertiary/aromatic N) is 4. The number of rotatable bonds is 2. The fraction of sp³-hybridized carbons (Fsp3) is 0.800. The van der Waals surface area contributed by atoms with Gasteiger partial charge in [0.2, 0.25) is 0 Å². The van der Waals surface area contributed by atoms with Crippen molar-refractivity contribution in [3.05, 3.63) is 6.20 Å². The van der Waals surface area contributed by atoms with Crippen molar-refractivity contribution in [2.75, 3.05) is 13.1 Å². The van der Waals surface area contributed by atoms with Gasteiger partial charge in [0.15, 0.2) is 5.03 Å². The molecule has 3 heterocycles. The number of nitrogens with one attached hydrogen (secondary N) is 1. The lowest BCUT2D eigenvalue weighted by Gasteiger charge is -2.41. The molecule has 2 fully saturated rings. The minimum absolute atomic E-state index is 0. The Bertz CT molecular complexity index is 534. The van der Waals surface area contributed by atoms with Crippen LogP contribution in [-0.2, 0) is 17.1 Å². The second kappa shape index (κ2) is 5.35. The lowest BCUT2D eigenvalue weighted by atomic mass is 9.96. The third-order valence-corrected chi connectivity index (χ3v) is 5.58. The Balaban J connectivity index is 0.00000133. The Morgan fingerprint density at radius 3 is 2.47 bits per heavy atom. The molecular weight excluding hydrogens is 290 g/mol. The van der Waals surface area contributed by atoms with Gasteiger partial charge in [0, 0.05) is 32.2 Å². The molecule has 19 heavy (non-hydrogen) atoms. The van der Waals surface area contributed by atoms with Crippen molar-refractivity contribution in [3.63, 3.8) is 0 Å². The number of aryl methyl sites for hydroxylation is 1. The van der Waals surface area contributed by atoms with Gasteiger partial charge in [-0.15, -0.1) is 17.5 Å². The molecule has 0 radical (unpaired) electrons. The lowest BCUT2D eigenvalue weighted by Crippen LogP contribution is -2.59. The van der Waals surface area contributed by atoms with Gasteiger partial charge in [-0.1, -0.05) is 11.6 Å². The Hall–Kier alpha value is -0.700. The van der Waals surface area contributed by atoms with Gasteiger partial charge in [-0.25, -0.2) is 13.1 Å².